The molecule has 1 saturated carbocycles. The second-order valence-electron chi connectivity index (χ2n) is 9.17. The molecule has 10 heteroatoms. The van der Waals surface area contributed by atoms with E-state index in [1.165, 1.54) is 40.7 Å². The van der Waals surface area contributed by atoms with Crippen LogP contribution in [0.5, 0.6) is 0 Å². The van der Waals surface area contributed by atoms with Crippen LogP contribution in [-0.2, 0) is 20.0 Å². The number of rotatable bonds is 7. The van der Waals surface area contributed by atoms with Crippen molar-refractivity contribution in [2.45, 2.75) is 48.9 Å². The number of sulfonamides is 2. The zero-order valence-corrected chi connectivity index (χ0v) is 20.3. The van der Waals surface area contributed by atoms with E-state index < -0.39 is 26.0 Å². The molecule has 1 heterocycles. The minimum Gasteiger partial charge on any atom is -0.322 e. The largest absolute Gasteiger partial charge is 0.322 e. The van der Waals surface area contributed by atoms with Gasteiger partial charge in [-0.15, -0.1) is 0 Å². The first-order chi connectivity index (χ1) is 15.5. The highest BCUT2D eigenvalue weighted by atomic mass is 32.2. The Labute approximate surface area is 195 Å². The van der Waals surface area contributed by atoms with Crippen LogP contribution in [0.4, 0.5) is 5.69 Å². The maximum Gasteiger partial charge on any atom is 0.255 e. The van der Waals surface area contributed by atoms with Crippen molar-refractivity contribution >= 4 is 31.6 Å². The van der Waals surface area contributed by atoms with E-state index in [1.807, 2.05) is 13.8 Å². The van der Waals surface area contributed by atoms with Crippen molar-refractivity contribution in [2.24, 2.45) is 11.8 Å². The van der Waals surface area contributed by atoms with Crippen LogP contribution in [-0.4, -0.2) is 46.2 Å². The molecular formula is C23H29N3O5S2. The first-order valence-corrected chi connectivity index (χ1v) is 14.0. The summed E-state index contributed by atoms with van der Waals surface area (Å²) in [5.74, 6) is 0.0849. The predicted octanol–water partition coefficient (Wildman–Crippen LogP) is 3.05. The Bertz CT molecular complexity index is 1230. The molecular weight excluding hydrogens is 462 g/mol. The SMILES string of the molecule is C[C@@H]1C[C@H](C)CN(S(=O)(=O)c2cccc(C(=O)Nc3ccc(S(=O)(=O)NC4CC4)cc3)c2)C1. The van der Waals surface area contributed by atoms with Crippen LogP contribution in [0.25, 0.3) is 0 Å². The molecule has 2 atom stereocenters. The third-order valence-electron chi connectivity index (χ3n) is 5.89. The third-order valence-corrected chi connectivity index (χ3v) is 9.26. The van der Waals surface area contributed by atoms with E-state index in [4.69, 9.17) is 0 Å². The van der Waals surface area contributed by atoms with Gasteiger partial charge in [-0.3, -0.25) is 4.79 Å². The van der Waals surface area contributed by atoms with Crippen molar-refractivity contribution in [2.75, 3.05) is 18.4 Å². The van der Waals surface area contributed by atoms with Gasteiger partial charge in [0.05, 0.1) is 9.79 Å². The molecule has 2 N–H and O–H groups in total. The Hall–Kier alpha value is -2.27. The summed E-state index contributed by atoms with van der Waals surface area (Å²) in [6.45, 7) is 5.02. The number of carbonyl (C=O) groups is 1. The van der Waals surface area contributed by atoms with E-state index in [2.05, 4.69) is 10.0 Å². The number of hydrogen-bond acceptors (Lipinski definition) is 5. The van der Waals surface area contributed by atoms with Gasteiger partial charge in [-0.1, -0.05) is 19.9 Å². The fourth-order valence-corrected chi connectivity index (χ4v) is 7.19. The lowest BCUT2D eigenvalue weighted by Crippen LogP contribution is -2.42. The van der Waals surface area contributed by atoms with Gasteiger partial charge in [-0.05, 0) is 73.6 Å². The van der Waals surface area contributed by atoms with Gasteiger partial charge in [0.1, 0.15) is 0 Å². The second kappa shape index (κ2) is 9.17. The molecule has 2 aromatic carbocycles. The van der Waals surface area contributed by atoms with Gasteiger partial charge in [0.25, 0.3) is 5.91 Å². The molecule has 0 unspecified atom stereocenters. The Morgan fingerprint density at radius 2 is 1.55 bits per heavy atom. The lowest BCUT2D eigenvalue weighted by molar-refractivity contribution is 0.102. The predicted molar refractivity (Wildman–Crippen MR) is 126 cm³/mol. The van der Waals surface area contributed by atoms with E-state index >= 15 is 0 Å². The normalized spacial score (nSPS) is 22.1. The van der Waals surface area contributed by atoms with Crippen LogP contribution in [0, 0.1) is 11.8 Å². The smallest absolute Gasteiger partial charge is 0.255 e. The first-order valence-electron chi connectivity index (χ1n) is 11.1. The van der Waals surface area contributed by atoms with Crippen molar-refractivity contribution in [3.8, 4) is 0 Å². The summed E-state index contributed by atoms with van der Waals surface area (Å²) in [6, 6.07) is 11.9. The lowest BCUT2D eigenvalue weighted by Gasteiger charge is -2.34. The van der Waals surface area contributed by atoms with E-state index in [0.717, 1.165) is 19.3 Å². The molecule has 1 aliphatic carbocycles. The van der Waals surface area contributed by atoms with Crippen LogP contribution in [0.1, 0.15) is 43.5 Å². The highest BCUT2D eigenvalue weighted by Gasteiger charge is 2.32. The third kappa shape index (κ3) is 5.63. The highest BCUT2D eigenvalue weighted by Crippen LogP contribution is 2.27. The molecule has 1 saturated heterocycles. The fourth-order valence-electron chi connectivity index (χ4n) is 4.16. The van der Waals surface area contributed by atoms with Crippen LogP contribution in [0.15, 0.2) is 58.3 Å². The summed E-state index contributed by atoms with van der Waals surface area (Å²) in [7, 11) is -7.27. The van der Waals surface area contributed by atoms with Gasteiger partial charge in [-0.25, -0.2) is 21.6 Å². The zero-order valence-electron chi connectivity index (χ0n) is 18.7. The summed E-state index contributed by atoms with van der Waals surface area (Å²) in [5, 5.41) is 2.70. The van der Waals surface area contributed by atoms with E-state index in [-0.39, 0.29) is 33.2 Å². The molecule has 2 aromatic rings. The number of anilines is 1. The molecule has 178 valence electrons. The molecule has 2 aliphatic rings. The molecule has 8 nitrogen and oxygen atoms in total. The van der Waals surface area contributed by atoms with Gasteiger partial charge < -0.3 is 5.32 Å². The molecule has 4 rings (SSSR count). The van der Waals surface area contributed by atoms with E-state index in [1.54, 1.807) is 12.1 Å². The Kier molecular flexibility index (Phi) is 6.63. The Morgan fingerprint density at radius 3 is 2.15 bits per heavy atom. The van der Waals surface area contributed by atoms with E-state index in [0.29, 0.717) is 18.8 Å². The maximum absolute atomic E-state index is 13.2. The van der Waals surface area contributed by atoms with Crippen LogP contribution in [0.2, 0.25) is 0 Å². The second-order valence-corrected chi connectivity index (χ2v) is 12.8. The summed E-state index contributed by atoms with van der Waals surface area (Å²) in [6.07, 6.45) is 2.68. The molecule has 0 bridgehead atoms. The van der Waals surface area contributed by atoms with E-state index in [9.17, 15) is 21.6 Å². The standard InChI is InChI=1S/C23H29N3O5S2/c1-16-12-17(2)15-26(14-16)33(30,31)22-5-3-4-18(13-22)23(27)24-19-8-10-21(11-9-19)32(28,29)25-20-6-7-20/h3-5,8-11,13,16-17,20,25H,6-7,12,14-15H2,1-2H3,(H,24,27)/t16-,17+. The highest BCUT2D eigenvalue weighted by molar-refractivity contribution is 7.89. The minimum absolute atomic E-state index is 0.00861. The number of amides is 1. The van der Waals surface area contributed by atoms with Gasteiger partial charge in [-0.2, -0.15) is 4.31 Å². The lowest BCUT2D eigenvalue weighted by atomic mass is 9.94. The number of piperidine rings is 1. The van der Waals surface area contributed by atoms with Gasteiger partial charge >= 0.3 is 0 Å². The number of benzene rings is 2. The van der Waals surface area contributed by atoms with Crippen molar-refractivity contribution in [3.63, 3.8) is 0 Å². The van der Waals surface area contributed by atoms with Crippen molar-refractivity contribution in [3.05, 3.63) is 54.1 Å². The summed E-state index contributed by atoms with van der Waals surface area (Å²) < 4.78 is 55.0. The number of nitrogens with one attached hydrogen (secondary N) is 2. The zero-order chi connectivity index (χ0) is 23.8. The van der Waals surface area contributed by atoms with Crippen LogP contribution >= 0.6 is 0 Å². The molecule has 33 heavy (non-hydrogen) atoms. The summed E-state index contributed by atoms with van der Waals surface area (Å²) in [4.78, 5) is 13.0. The quantitative estimate of drug-likeness (QED) is 0.618. The topological polar surface area (TPSA) is 113 Å². The fraction of sp³-hybridized carbons (Fsp3) is 0.435. The maximum atomic E-state index is 13.2. The number of carbonyl (C=O) groups excluding carboxylic acids is 1. The molecule has 0 aromatic heterocycles. The number of hydrogen-bond donors (Lipinski definition) is 2. The van der Waals surface area contributed by atoms with Crippen molar-refractivity contribution < 1.29 is 21.6 Å². The van der Waals surface area contributed by atoms with Crippen LogP contribution in [0.3, 0.4) is 0 Å². The number of nitrogens with zero attached hydrogens (tertiary/aromatic N) is 1. The van der Waals surface area contributed by atoms with Crippen LogP contribution < -0.4 is 10.0 Å². The molecule has 1 aliphatic heterocycles. The molecule has 0 radical (unpaired) electrons. The van der Waals surface area contributed by atoms with Crippen molar-refractivity contribution in [1.29, 1.82) is 0 Å². The monoisotopic (exact) mass is 491 g/mol. The minimum atomic E-state index is -3.70. The summed E-state index contributed by atoms with van der Waals surface area (Å²) in [5.41, 5.74) is 0.624. The average molecular weight is 492 g/mol. The Balaban J connectivity index is 1.47. The van der Waals surface area contributed by atoms with Gasteiger partial charge in [0, 0.05) is 30.4 Å². The average Bonchev–Trinajstić information content (AvgIpc) is 3.57. The summed E-state index contributed by atoms with van der Waals surface area (Å²) >= 11 is 0. The molecule has 2 fully saturated rings. The molecule has 0 spiro atoms. The van der Waals surface area contributed by atoms with Gasteiger partial charge in [0.15, 0.2) is 0 Å². The molecule has 1 amide bonds. The van der Waals surface area contributed by atoms with Gasteiger partial charge in [0.2, 0.25) is 20.0 Å². The first kappa shape index (κ1) is 23.9. The van der Waals surface area contributed by atoms with Crippen molar-refractivity contribution in [1.82, 2.24) is 9.03 Å². The Morgan fingerprint density at radius 1 is 0.909 bits per heavy atom.